The number of hydrogen-bond acceptors (Lipinski definition) is 6. The molecule has 0 radical (unpaired) electrons. The van der Waals surface area contributed by atoms with E-state index in [9.17, 15) is 9.59 Å². The Morgan fingerprint density at radius 2 is 1.08 bits per heavy atom. The molecular weight excluding hydrogens is 460 g/mol. The molecule has 1 aromatic carbocycles. The van der Waals surface area contributed by atoms with Crippen molar-refractivity contribution in [2.45, 2.75) is 78.4 Å². The molecule has 0 aromatic heterocycles. The van der Waals surface area contributed by atoms with Gasteiger partial charge in [0, 0.05) is 32.2 Å². The summed E-state index contributed by atoms with van der Waals surface area (Å²) >= 11 is 0. The lowest BCUT2D eigenvalue weighted by Crippen LogP contribution is -2.42. The SMILES string of the molecule is CC(C)(C)OC(=O)N1CCC(COc2cccc(OCC3CCN(C(=O)OC(C)(C)C)CC3)c2)CC1. The van der Waals surface area contributed by atoms with E-state index in [1.807, 2.05) is 65.8 Å². The lowest BCUT2D eigenvalue weighted by atomic mass is 9.98. The summed E-state index contributed by atoms with van der Waals surface area (Å²) in [5, 5.41) is 0. The van der Waals surface area contributed by atoms with Crippen LogP contribution in [0.1, 0.15) is 67.2 Å². The molecule has 3 rings (SSSR count). The van der Waals surface area contributed by atoms with Crippen molar-refractivity contribution in [2.75, 3.05) is 39.4 Å². The lowest BCUT2D eigenvalue weighted by Gasteiger charge is -2.33. The second kappa shape index (κ2) is 12.1. The van der Waals surface area contributed by atoms with Gasteiger partial charge in [0.1, 0.15) is 22.7 Å². The molecule has 0 aliphatic carbocycles. The topological polar surface area (TPSA) is 77.5 Å². The van der Waals surface area contributed by atoms with Gasteiger partial charge in [-0.05, 0) is 91.2 Å². The number of nitrogens with zero attached hydrogens (tertiary/aromatic N) is 2. The Morgan fingerprint density at radius 3 is 1.42 bits per heavy atom. The lowest BCUT2D eigenvalue weighted by molar-refractivity contribution is 0.0156. The standard InChI is InChI=1S/C28H44N2O6/c1-27(2,3)35-25(31)29-14-10-21(11-15-29)19-33-23-8-7-9-24(18-23)34-20-22-12-16-30(17-13-22)26(32)36-28(4,5)6/h7-9,18,21-22H,10-17,19-20H2,1-6H3. The van der Waals surface area contributed by atoms with Gasteiger partial charge in [-0.15, -0.1) is 0 Å². The molecule has 2 amide bonds. The highest BCUT2D eigenvalue weighted by Crippen LogP contribution is 2.25. The summed E-state index contributed by atoms with van der Waals surface area (Å²) in [5.74, 6) is 2.40. The van der Waals surface area contributed by atoms with Gasteiger partial charge < -0.3 is 28.7 Å². The highest BCUT2D eigenvalue weighted by atomic mass is 16.6. The van der Waals surface area contributed by atoms with Crippen molar-refractivity contribution >= 4 is 12.2 Å². The van der Waals surface area contributed by atoms with E-state index in [-0.39, 0.29) is 12.2 Å². The highest BCUT2D eigenvalue weighted by Gasteiger charge is 2.28. The first-order valence-corrected chi connectivity index (χ1v) is 13.2. The maximum Gasteiger partial charge on any atom is 0.410 e. The third kappa shape index (κ3) is 9.43. The molecule has 0 saturated carbocycles. The molecule has 8 nitrogen and oxygen atoms in total. The molecule has 2 saturated heterocycles. The fraction of sp³-hybridized carbons (Fsp3) is 0.714. The van der Waals surface area contributed by atoms with Crippen LogP contribution in [0.25, 0.3) is 0 Å². The molecule has 2 aliphatic heterocycles. The minimum Gasteiger partial charge on any atom is -0.493 e. The minimum atomic E-state index is -0.471. The number of amides is 2. The van der Waals surface area contributed by atoms with Gasteiger partial charge in [-0.1, -0.05) is 6.07 Å². The fourth-order valence-corrected chi connectivity index (χ4v) is 4.30. The van der Waals surface area contributed by atoms with E-state index in [1.165, 1.54) is 0 Å². The van der Waals surface area contributed by atoms with Crippen molar-refractivity contribution in [3.63, 3.8) is 0 Å². The quantitative estimate of drug-likeness (QED) is 0.492. The van der Waals surface area contributed by atoms with Gasteiger partial charge in [-0.3, -0.25) is 0 Å². The molecule has 0 spiro atoms. The van der Waals surface area contributed by atoms with Crippen molar-refractivity contribution in [2.24, 2.45) is 11.8 Å². The zero-order valence-corrected chi connectivity index (χ0v) is 22.9. The third-order valence-electron chi connectivity index (χ3n) is 6.31. The average molecular weight is 505 g/mol. The molecule has 8 heteroatoms. The zero-order valence-electron chi connectivity index (χ0n) is 22.9. The van der Waals surface area contributed by atoms with Crippen LogP contribution in [-0.2, 0) is 9.47 Å². The predicted molar refractivity (Wildman–Crippen MR) is 138 cm³/mol. The Kier molecular flexibility index (Phi) is 9.36. The number of piperidine rings is 2. The van der Waals surface area contributed by atoms with Gasteiger partial charge in [0.05, 0.1) is 13.2 Å². The van der Waals surface area contributed by atoms with E-state index in [0.717, 1.165) is 37.2 Å². The Morgan fingerprint density at radius 1 is 0.722 bits per heavy atom. The Labute approximate surface area is 216 Å². The van der Waals surface area contributed by atoms with E-state index in [0.29, 0.717) is 51.2 Å². The van der Waals surface area contributed by atoms with Gasteiger partial charge in [0.15, 0.2) is 0 Å². The van der Waals surface area contributed by atoms with Crippen molar-refractivity contribution in [3.05, 3.63) is 24.3 Å². The van der Waals surface area contributed by atoms with Gasteiger partial charge in [-0.25, -0.2) is 9.59 Å². The number of ether oxygens (including phenoxy) is 4. The predicted octanol–water partition coefficient (Wildman–Crippen LogP) is 5.74. The van der Waals surface area contributed by atoms with Crippen LogP contribution in [-0.4, -0.2) is 72.6 Å². The van der Waals surface area contributed by atoms with Crippen molar-refractivity contribution in [1.29, 1.82) is 0 Å². The molecule has 1 aromatic rings. The first-order valence-electron chi connectivity index (χ1n) is 13.2. The van der Waals surface area contributed by atoms with E-state index >= 15 is 0 Å². The smallest absolute Gasteiger partial charge is 0.410 e. The highest BCUT2D eigenvalue weighted by molar-refractivity contribution is 5.68. The molecule has 0 bridgehead atoms. The summed E-state index contributed by atoms with van der Waals surface area (Å²) in [7, 11) is 0. The summed E-state index contributed by atoms with van der Waals surface area (Å²) < 4.78 is 23.1. The van der Waals surface area contributed by atoms with Gasteiger partial charge in [-0.2, -0.15) is 0 Å². The number of benzene rings is 1. The maximum atomic E-state index is 12.2. The summed E-state index contributed by atoms with van der Waals surface area (Å²) in [5.41, 5.74) is -0.941. The molecule has 0 unspecified atom stereocenters. The van der Waals surface area contributed by atoms with Crippen LogP contribution >= 0.6 is 0 Å². The number of carbonyl (C=O) groups is 2. The average Bonchev–Trinajstić information content (AvgIpc) is 2.80. The molecule has 36 heavy (non-hydrogen) atoms. The molecule has 2 aliphatic rings. The van der Waals surface area contributed by atoms with E-state index in [1.54, 1.807) is 9.80 Å². The summed E-state index contributed by atoms with van der Waals surface area (Å²) in [6, 6.07) is 7.77. The molecule has 0 N–H and O–H groups in total. The normalized spacial score (nSPS) is 18.1. The largest absolute Gasteiger partial charge is 0.493 e. The Hall–Kier alpha value is -2.64. The van der Waals surface area contributed by atoms with Gasteiger partial charge >= 0.3 is 12.2 Å². The first kappa shape index (κ1) is 27.9. The van der Waals surface area contributed by atoms with Crippen LogP contribution in [0.2, 0.25) is 0 Å². The number of likely N-dealkylation sites (tertiary alicyclic amines) is 2. The maximum absolute atomic E-state index is 12.2. The first-order chi connectivity index (χ1) is 16.9. The van der Waals surface area contributed by atoms with Crippen molar-refractivity contribution in [3.8, 4) is 11.5 Å². The zero-order chi connectivity index (χ0) is 26.3. The number of rotatable bonds is 6. The van der Waals surface area contributed by atoms with Crippen LogP contribution in [0.3, 0.4) is 0 Å². The van der Waals surface area contributed by atoms with Crippen molar-refractivity contribution in [1.82, 2.24) is 9.80 Å². The monoisotopic (exact) mass is 504 g/mol. The summed E-state index contributed by atoms with van der Waals surface area (Å²) in [4.78, 5) is 28.1. The number of hydrogen-bond donors (Lipinski definition) is 0. The second-order valence-corrected chi connectivity index (χ2v) is 11.9. The molecule has 2 fully saturated rings. The Bertz CT molecular complexity index is 792. The molecule has 2 heterocycles. The van der Waals surface area contributed by atoms with Crippen LogP contribution in [0.5, 0.6) is 11.5 Å². The summed E-state index contributed by atoms with van der Waals surface area (Å²) in [6.07, 6.45) is 3.13. The van der Waals surface area contributed by atoms with E-state index in [2.05, 4.69) is 0 Å². The molecular formula is C28H44N2O6. The van der Waals surface area contributed by atoms with Crippen LogP contribution in [0.15, 0.2) is 24.3 Å². The van der Waals surface area contributed by atoms with Crippen LogP contribution in [0, 0.1) is 11.8 Å². The van der Waals surface area contributed by atoms with E-state index < -0.39 is 11.2 Å². The summed E-state index contributed by atoms with van der Waals surface area (Å²) in [6.45, 7) is 15.3. The molecule has 202 valence electrons. The van der Waals surface area contributed by atoms with Gasteiger partial charge in [0.2, 0.25) is 0 Å². The van der Waals surface area contributed by atoms with Crippen molar-refractivity contribution < 1.29 is 28.5 Å². The van der Waals surface area contributed by atoms with Crippen LogP contribution < -0.4 is 9.47 Å². The second-order valence-electron chi connectivity index (χ2n) is 11.9. The third-order valence-corrected chi connectivity index (χ3v) is 6.31. The Balaban J connectivity index is 1.36. The minimum absolute atomic E-state index is 0.234. The van der Waals surface area contributed by atoms with Gasteiger partial charge in [0.25, 0.3) is 0 Å². The fourth-order valence-electron chi connectivity index (χ4n) is 4.30. The van der Waals surface area contributed by atoms with E-state index in [4.69, 9.17) is 18.9 Å². The van der Waals surface area contributed by atoms with Crippen LogP contribution in [0.4, 0.5) is 9.59 Å². The number of carbonyl (C=O) groups excluding carboxylic acids is 2. The molecule has 0 atom stereocenters.